The molecule has 1 heterocycles. The molecule has 0 aliphatic heterocycles. The van der Waals surface area contributed by atoms with Gasteiger partial charge < -0.3 is 4.74 Å². The van der Waals surface area contributed by atoms with Crippen LogP contribution in [0.2, 0.25) is 0 Å². The predicted octanol–water partition coefficient (Wildman–Crippen LogP) is 3.74. The molecule has 2 aromatic rings. The first kappa shape index (κ1) is 16.2. The zero-order valence-corrected chi connectivity index (χ0v) is 12.2. The van der Waals surface area contributed by atoms with E-state index in [2.05, 4.69) is 4.98 Å². The number of hydrogen-bond acceptors (Lipinski definition) is 3. The van der Waals surface area contributed by atoms with Gasteiger partial charge in [-0.25, -0.2) is 0 Å². The van der Waals surface area contributed by atoms with Crippen LogP contribution >= 0.6 is 12.4 Å². The maximum atomic E-state index is 12.1. The van der Waals surface area contributed by atoms with Crippen LogP contribution < -0.4 is 0 Å². The molecule has 1 aromatic carbocycles. The fraction of sp³-hybridized carbons (Fsp3) is 0.250. The van der Waals surface area contributed by atoms with E-state index in [-0.39, 0.29) is 30.9 Å². The summed E-state index contributed by atoms with van der Waals surface area (Å²) < 4.78 is 5.33. The number of hydrogen-bond donors (Lipinski definition) is 0. The van der Waals surface area contributed by atoms with Crippen molar-refractivity contribution in [2.24, 2.45) is 0 Å². The van der Waals surface area contributed by atoms with Gasteiger partial charge in [0.25, 0.3) is 0 Å². The van der Waals surface area contributed by atoms with E-state index in [9.17, 15) is 4.79 Å². The molecule has 106 valence electrons. The van der Waals surface area contributed by atoms with Gasteiger partial charge in [0.2, 0.25) is 0 Å². The molecule has 0 aliphatic rings. The molecule has 0 fully saturated rings. The summed E-state index contributed by atoms with van der Waals surface area (Å²) in [5.74, 6) is -0.399. The fourth-order valence-corrected chi connectivity index (χ4v) is 1.95. The smallest absolute Gasteiger partial charge is 0.313 e. The van der Waals surface area contributed by atoms with E-state index < -0.39 is 0 Å². The Labute approximate surface area is 125 Å². The molecule has 2 rings (SSSR count). The molecule has 3 nitrogen and oxygen atoms in total. The van der Waals surface area contributed by atoms with Crippen molar-refractivity contribution in [2.75, 3.05) is 0 Å². The van der Waals surface area contributed by atoms with Crippen molar-refractivity contribution in [1.82, 2.24) is 4.98 Å². The minimum absolute atomic E-state index is 0. The Balaban J connectivity index is 0.00000200. The summed E-state index contributed by atoms with van der Waals surface area (Å²) in [5.41, 5.74) is 1.76. The van der Waals surface area contributed by atoms with Gasteiger partial charge in [-0.05, 0) is 24.1 Å². The lowest BCUT2D eigenvalue weighted by Crippen LogP contribution is -2.15. The minimum atomic E-state index is -0.204. The van der Waals surface area contributed by atoms with Crippen molar-refractivity contribution in [1.29, 1.82) is 0 Å². The Morgan fingerprint density at radius 3 is 2.45 bits per heavy atom. The molecular weight excluding hydrogens is 274 g/mol. The van der Waals surface area contributed by atoms with Crippen LogP contribution in [0.3, 0.4) is 0 Å². The molecule has 20 heavy (non-hydrogen) atoms. The molecule has 0 saturated heterocycles. The fourth-order valence-electron chi connectivity index (χ4n) is 1.95. The van der Waals surface area contributed by atoms with Crippen LogP contribution in [0, 0.1) is 0 Å². The van der Waals surface area contributed by atoms with Gasteiger partial charge in [0.05, 0.1) is 11.6 Å². The quantitative estimate of drug-likeness (QED) is 0.788. The normalized spacial score (nSPS) is 11.2. The highest BCUT2D eigenvalue weighted by molar-refractivity contribution is 5.85. The highest BCUT2D eigenvalue weighted by atomic mass is 35.5. The number of ether oxygens (including phenoxy) is 1. The summed E-state index contributed by atoms with van der Waals surface area (Å²) in [6.45, 7) is 2.21. The Hall–Kier alpha value is -1.87. The summed E-state index contributed by atoms with van der Waals surface area (Å²) in [6, 6.07) is 15.3. The average Bonchev–Trinajstić information content (AvgIpc) is 2.48. The SMILES string of the molecule is CCC(C(=O)OCc1ccccn1)c1ccccc1.Cl. The zero-order chi connectivity index (χ0) is 13.5. The van der Waals surface area contributed by atoms with Crippen LogP contribution in [0.25, 0.3) is 0 Å². The number of carbonyl (C=O) groups excluding carboxylic acids is 1. The topological polar surface area (TPSA) is 39.2 Å². The van der Waals surface area contributed by atoms with Crippen LogP contribution in [0.15, 0.2) is 54.7 Å². The highest BCUT2D eigenvalue weighted by Gasteiger charge is 2.19. The van der Waals surface area contributed by atoms with Gasteiger partial charge in [0, 0.05) is 6.20 Å². The Bertz CT molecular complexity index is 517. The van der Waals surface area contributed by atoms with Gasteiger partial charge in [0.15, 0.2) is 0 Å². The van der Waals surface area contributed by atoms with Gasteiger partial charge in [-0.15, -0.1) is 12.4 Å². The van der Waals surface area contributed by atoms with E-state index >= 15 is 0 Å². The molecule has 0 saturated carbocycles. The van der Waals surface area contributed by atoms with Gasteiger partial charge in [-0.3, -0.25) is 9.78 Å². The third kappa shape index (κ3) is 4.35. The standard InChI is InChI=1S/C16H17NO2.ClH/c1-2-15(13-8-4-3-5-9-13)16(18)19-12-14-10-6-7-11-17-14;/h3-11,15H,2,12H2,1H3;1H. The lowest BCUT2D eigenvalue weighted by atomic mass is 9.97. The van der Waals surface area contributed by atoms with E-state index in [1.807, 2.05) is 55.5 Å². The second-order valence-corrected chi connectivity index (χ2v) is 4.30. The Morgan fingerprint density at radius 2 is 1.85 bits per heavy atom. The van der Waals surface area contributed by atoms with Crippen molar-refractivity contribution in [2.45, 2.75) is 25.9 Å². The minimum Gasteiger partial charge on any atom is -0.459 e. The van der Waals surface area contributed by atoms with Crippen LogP contribution in [-0.2, 0) is 16.1 Å². The summed E-state index contributed by atoms with van der Waals surface area (Å²) in [6.07, 6.45) is 2.42. The number of carbonyl (C=O) groups is 1. The van der Waals surface area contributed by atoms with Crippen LogP contribution in [0.4, 0.5) is 0 Å². The van der Waals surface area contributed by atoms with E-state index in [0.717, 1.165) is 17.7 Å². The second-order valence-electron chi connectivity index (χ2n) is 4.30. The van der Waals surface area contributed by atoms with E-state index in [4.69, 9.17) is 4.74 Å². The number of nitrogens with zero attached hydrogens (tertiary/aromatic N) is 1. The molecular formula is C16H18ClNO2. The van der Waals surface area contributed by atoms with E-state index in [1.165, 1.54) is 0 Å². The average molecular weight is 292 g/mol. The van der Waals surface area contributed by atoms with Gasteiger partial charge in [-0.2, -0.15) is 0 Å². The molecule has 0 amide bonds. The maximum Gasteiger partial charge on any atom is 0.313 e. The third-order valence-electron chi connectivity index (χ3n) is 2.98. The first-order valence-electron chi connectivity index (χ1n) is 6.42. The monoisotopic (exact) mass is 291 g/mol. The number of rotatable bonds is 5. The lowest BCUT2D eigenvalue weighted by Gasteiger charge is -2.14. The summed E-state index contributed by atoms with van der Waals surface area (Å²) >= 11 is 0. The van der Waals surface area contributed by atoms with Crippen molar-refractivity contribution in [3.05, 3.63) is 66.0 Å². The molecule has 1 atom stereocenters. The van der Waals surface area contributed by atoms with Gasteiger partial charge >= 0.3 is 5.97 Å². The van der Waals surface area contributed by atoms with Crippen LogP contribution in [0.5, 0.6) is 0 Å². The molecule has 0 spiro atoms. The molecule has 0 N–H and O–H groups in total. The Morgan fingerprint density at radius 1 is 1.15 bits per heavy atom. The molecule has 1 aromatic heterocycles. The number of esters is 1. The summed E-state index contributed by atoms with van der Waals surface area (Å²) in [7, 11) is 0. The number of pyridine rings is 1. The van der Waals surface area contributed by atoms with Crippen molar-refractivity contribution < 1.29 is 9.53 Å². The molecule has 4 heteroatoms. The number of benzene rings is 1. The number of halogens is 1. The van der Waals surface area contributed by atoms with Crippen LogP contribution in [0.1, 0.15) is 30.5 Å². The zero-order valence-electron chi connectivity index (χ0n) is 11.4. The Kier molecular flexibility index (Phi) is 6.74. The predicted molar refractivity (Wildman–Crippen MR) is 80.8 cm³/mol. The van der Waals surface area contributed by atoms with Crippen molar-refractivity contribution in [3.63, 3.8) is 0 Å². The second kappa shape index (κ2) is 8.33. The molecule has 0 bridgehead atoms. The first-order valence-corrected chi connectivity index (χ1v) is 6.42. The summed E-state index contributed by atoms with van der Waals surface area (Å²) in [4.78, 5) is 16.2. The highest BCUT2D eigenvalue weighted by Crippen LogP contribution is 2.21. The van der Waals surface area contributed by atoms with Gasteiger partial charge in [-0.1, -0.05) is 43.3 Å². The molecule has 0 radical (unpaired) electrons. The lowest BCUT2D eigenvalue weighted by molar-refractivity contribution is -0.147. The first-order chi connectivity index (χ1) is 9.31. The number of aromatic nitrogens is 1. The summed E-state index contributed by atoms with van der Waals surface area (Å²) in [5, 5.41) is 0. The van der Waals surface area contributed by atoms with E-state index in [0.29, 0.717) is 0 Å². The van der Waals surface area contributed by atoms with E-state index in [1.54, 1.807) is 6.20 Å². The molecule has 1 unspecified atom stereocenters. The van der Waals surface area contributed by atoms with Crippen molar-refractivity contribution >= 4 is 18.4 Å². The third-order valence-corrected chi connectivity index (χ3v) is 2.98. The van der Waals surface area contributed by atoms with Crippen molar-refractivity contribution in [3.8, 4) is 0 Å². The molecule has 0 aliphatic carbocycles. The largest absolute Gasteiger partial charge is 0.459 e. The van der Waals surface area contributed by atoms with Gasteiger partial charge in [0.1, 0.15) is 6.61 Å². The maximum absolute atomic E-state index is 12.1. The van der Waals surface area contributed by atoms with Crippen LogP contribution in [-0.4, -0.2) is 11.0 Å².